The lowest BCUT2D eigenvalue weighted by Crippen LogP contribution is -2.61. The molecule has 0 spiro atoms. The van der Waals surface area contributed by atoms with Gasteiger partial charge < -0.3 is 45.4 Å². The number of carbonyl (C=O) groups is 8. The number of nitrogens with one attached hydrogen (secondary N) is 8. The number of nitrogens with zero attached hydrogens (tertiary/aromatic N) is 3. The van der Waals surface area contributed by atoms with Crippen LogP contribution in [-0.4, -0.2) is 102 Å². The maximum atomic E-state index is 12.9. The first-order valence-corrected chi connectivity index (χ1v) is 37.9. The fraction of sp³-hybridized carbons (Fsp3) is 0.318. The van der Waals surface area contributed by atoms with Gasteiger partial charge in [-0.1, -0.05) is 162 Å². The molecular weight excluding hydrogens is 1440 g/mol. The number of methoxy groups -OCH3 is 1. The molecule has 0 radical (unpaired) electrons. The van der Waals surface area contributed by atoms with Crippen LogP contribution in [0.3, 0.4) is 0 Å². The maximum absolute atomic E-state index is 12.9. The summed E-state index contributed by atoms with van der Waals surface area (Å²) < 4.78 is 12.8. The minimum absolute atomic E-state index is 0.00694. The van der Waals surface area contributed by atoms with Gasteiger partial charge in [0.25, 0.3) is 35.4 Å². The number of ketones is 1. The van der Waals surface area contributed by atoms with Crippen LogP contribution in [0.4, 0.5) is 4.79 Å². The Labute approximate surface area is 656 Å². The van der Waals surface area contributed by atoms with Gasteiger partial charge in [0.1, 0.15) is 23.8 Å². The van der Waals surface area contributed by atoms with Gasteiger partial charge in [0.15, 0.2) is 17.2 Å². The fourth-order valence-corrected chi connectivity index (χ4v) is 15.4. The summed E-state index contributed by atoms with van der Waals surface area (Å²) >= 11 is 0. The van der Waals surface area contributed by atoms with Gasteiger partial charge in [-0.25, -0.2) is 31.2 Å². The summed E-state index contributed by atoms with van der Waals surface area (Å²) in [7, 11) is 3.39. The fourth-order valence-electron chi connectivity index (χ4n) is 15.4. The van der Waals surface area contributed by atoms with E-state index in [4.69, 9.17) is 29.9 Å². The minimum Gasteiger partial charge on any atom is -0.497 e. The quantitative estimate of drug-likeness (QED) is 0.0152. The largest absolute Gasteiger partial charge is 0.497 e. The number of hydrogen-bond donors (Lipinski definition) is 12. The Bertz CT molecular complexity index is 4900. The Morgan fingerprint density at radius 2 is 1.04 bits per heavy atom. The van der Waals surface area contributed by atoms with Crippen molar-refractivity contribution in [1.82, 2.24) is 57.6 Å². The molecule has 590 valence electrons. The third-order valence-electron chi connectivity index (χ3n) is 21.0. The Hall–Kier alpha value is -12.2. The smallest absolute Gasteiger partial charge is 0.315 e. The topological polar surface area (TPSA) is 367 Å². The third-order valence-corrected chi connectivity index (χ3v) is 21.0. The molecule has 14 rings (SSSR count). The molecule has 12 N–H and O–H groups in total. The highest BCUT2D eigenvalue weighted by atomic mass is 16.5. The van der Waals surface area contributed by atoms with E-state index < -0.39 is 24.3 Å². The lowest BCUT2D eigenvalue weighted by molar-refractivity contribution is -0.0137. The van der Waals surface area contributed by atoms with Crippen LogP contribution in [-0.2, 0) is 7.05 Å². The first-order chi connectivity index (χ1) is 54.3. The monoisotopic (exact) mass is 1530 g/mol. The highest BCUT2D eigenvalue weighted by molar-refractivity contribution is 6.00. The van der Waals surface area contributed by atoms with E-state index in [0.29, 0.717) is 61.9 Å². The number of furan rings is 1. The zero-order valence-electron chi connectivity index (χ0n) is 64.8. The van der Waals surface area contributed by atoms with Crippen molar-refractivity contribution < 1.29 is 68.2 Å². The Kier molecular flexibility index (Phi) is 28.5. The molecule has 7 aromatic carbocycles. The Morgan fingerprint density at radius 1 is 0.540 bits per heavy atom. The number of amides is 8. The van der Waals surface area contributed by atoms with Crippen LogP contribution in [0.2, 0.25) is 0 Å². The van der Waals surface area contributed by atoms with Gasteiger partial charge in [-0.3, -0.25) is 49.2 Å². The van der Waals surface area contributed by atoms with E-state index in [-0.39, 0.29) is 71.1 Å². The van der Waals surface area contributed by atoms with Crippen molar-refractivity contribution in [1.29, 1.82) is 0 Å². The molecule has 0 saturated heterocycles. The number of benzene rings is 7. The normalized spacial score (nSPS) is 16.7. The molecule has 4 saturated carbocycles. The molecule has 25 heteroatoms. The summed E-state index contributed by atoms with van der Waals surface area (Å²) in [5.41, 5.74) is 15.1. The van der Waals surface area contributed by atoms with Gasteiger partial charge in [-0.05, 0) is 171 Å². The van der Waals surface area contributed by atoms with Crippen LogP contribution in [0, 0.1) is 36.5 Å². The van der Waals surface area contributed by atoms with Crippen LogP contribution < -0.4 is 47.8 Å². The van der Waals surface area contributed by atoms with Crippen molar-refractivity contribution in [2.24, 2.45) is 36.6 Å². The number of ether oxygens (including phenoxy) is 1. The standard InChI is InChI=1S/C23H24N4O3.C23H21N3O4.C23H32N2O3.C19H22N2O4/c1-14(2)20(16-9-11-18(12-10-16)22(28)27-30)26-23(29)19-13-24-21(25-15(19)3)17-7-5-4-6-8-17;1-14(16-9-6-10-17(11-16)22(27)25-29)24-23(28)19-13-21-18(26(19)2)12-20(30-21)15-7-4-3-5-8-15;1-2-3-20(18-4-6-19(7-5-18)21(27)14-26)24-22(28)25-23-11-15-8-16(12-23)10-17(9-15)13-23;1-12(2)17(13-4-6-15(7-5-13)19(23)21-24)20-18(22)14-8-10-16(25-3)11-9-14/h4-14,20,30H,1-3H3,(H,26,29)(H,27,28);3-14,29H,1-2H3,(H,24,28)(H,25,27);4-7,15-17,20,26H,2-3,8-14H2,1H3,(H2,24,25,28);4-12,17,24H,1-3H3,(H,20,22)(H,21,23)/t;14-;15?,16?,17?,20-,23?;17-/m.111/s1. The molecule has 4 bridgehead atoms. The van der Waals surface area contributed by atoms with Crippen molar-refractivity contribution in [3.8, 4) is 28.5 Å². The summed E-state index contributed by atoms with van der Waals surface area (Å²) in [6.07, 6.45) is 10.9. The molecule has 25 nitrogen and oxygen atoms in total. The van der Waals surface area contributed by atoms with Gasteiger partial charge in [0.05, 0.1) is 48.1 Å². The first kappa shape index (κ1) is 83.3. The van der Waals surface area contributed by atoms with Gasteiger partial charge in [-0.15, -0.1) is 0 Å². The van der Waals surface area contributed by atoms with E-state index in [0.717, 1.165) is 94.5 Å². The predicted molar refractivity (Wildman–Crippen MR) is 427 cm³/mol. The molecular formula is C88H99N11O14. The number of aliphatic hydroxyl groups is 1. The lowest BCUT2D eigenvalue weighted by Gasteiger charge is -2.56. The second-order valence-electron chi connectivity index (χ2n) is 29.7. The number of hydrogen-bond acceptors (Lipinski definition) is 16. The van der Waals surface area contributed by atoms with E-state index in [2.05, 4.69) is 43.5 Å². The van der Waals surface area contributed by atoms with Gasteiger partial charge in [0, 0.05) is 69.9 Å². The maximum Gasteiger partial charge on any atom is 0.315 e. The molecule has 10 aromatic rings. The molecule has 1 unspecified atom stereocenters. The molecule has 4 aliphatic carbocycles. The van der Waals surface area contributed by atoms with E-state index in [1.54, 1.807) is 150 Å². The summed E-state index contributed by atoms with van der Waals surface area (Å²) in [5, 5.41) is 50.8. The van der Waals surface area contributed by atoms with E-state index >= 15 is 0 Å². The SMILES string of the molecule is CCC[C@@H](NC(=O)NC12CC3CC(CC(C3)C1)C2)c1ccc(C(=O)CO)cc1.COc1ccc(C(=O)N[C@@H](c2ccc(C(=O)NO)cc2)C(C)C)cc1.C[C@@H](NC(=O)c1cc2oc(-c3ccccc3)cc2n1C)c1cccc(C(=O)NO)c1.Cc1nc(-c2ccccc2)ncc1C(=O)NC(c1ccc(C(=O)NO)cc1)C(C)C. The third kappa shape index (κ3) is 21.3. The number of urea groups is 1. The number of Topliss-reactive ketones (excluding diaryl/α,β-unsaturated/α-hetero) is 1. The predicted octanol–water partition coefficient (Wildman–Crippen LogP) is 14.7. The van der Waals surface area contributed by atoms with Crippen LogP contribution in [0.5, 0.6) is 5.75 Å². The molecule has 4 fully saturated rings. The molecule has 4 atom stereocenters. The number of rotatable bonds is 24. The van der Waals surface area contributed by atoms with Gasteiger partial charge >= 0.3 is 6.03 Å². The molecule has 8 amide bonds. The van der Waals surface area contributed by atoms with Gasteiger partial charge in [-0.2, -0.15) is 0 Å². The Balaban J connectivity index is 0.000000160. The highest BCUT2D eigenvalue weighted by Crippen LogP contribution is 2.55. The van der Waals surface area contributed by atoms with Crippen molar-refractivity contribution in [3.63, 3.8) is 0 Å². The second kappa shape index (κ2) is 38.7. The zero-order valence-corrected chi connectivity index (χ0v) is 64.8. The average Bonchev–Trinajstić information content (AvgIpc) is 1.78. The Morgan fingerprint density at radius 3 is 1.53 bits per heavy atom. The number of carbonyl (C=O) groups excluding carboxylic acids is 8. The minimum atomic E-state index is -0.604. The van der Waals surface area contributed by atoms with E-state index in [9.17, 15) is 38.4 Å². The molecule has 3 heterocycles. The summed E-state index contributed by atoms with van der Waals surface area (Å²) in [5.74, 6) is 1.92. The summed E-state index contributed by atoms with van der Waals surface area (Å²) in [6, 6.07) is 56.4. The van der Waals surface area contributed by atoms with Crippen molar-refractivity contribution in [3.05, 3.63) is 267 Å². The summed E-state index contributed by atoms with van der Waals surface area (Å²) in [4.78, 5) is 106. The van der Waals surface area contributed by atoms with Gasteiger partial charge in [0.2, 0.25) is 0 Å². The number of aromatic nitrogens is 3. The van der Waals surface area contributed by atoms with Crippen LogP contribution >= 0.6 is 0 Å². The average molecular weight is 1530 g/mol. The van der Waals surface area contributed by atoms with Crippen LogP contribution in [0.1, 0.15) is 218 Å². The zero-order chi connectivity index (χ0) is 81.0. The summed E-state index contributed by atoms with van der Waals surface area (Å²) in [6.45, 7) is 13.3. The van der Waals surface area contributed by atoms with Crippen molar-refractivity contribution in [2.45, 2.75) is 130 Å². The number of hydroxylamine groups is 3. The van der Waals surface area contributed by atoms with E-state index in [1.165, 1.54) is 19.3 Å². The van der Waals surface area contributed by atoms with E-state index in [1.807, 2.05) is 127 Å². The number of aliphatic hydroxyl groups excluding tert-OH is 1. The molecule has 113 heavy (non-hydrogen) atoms. The highest BCUT2D eigenvalue weighted by Gasteiger charge is 2.51. The molecule has 4 aliphatic rings. The molecule has 0 aliphatic heterocycles. The number of fused-ring (bicyclic) bond motifs is 1. The van der Waals surface area contributed by atoms with Crippen molar-refractivity contribution in [2.75, 3.05) is 13.7 Å². The first-order valence-electron chi connectivity index (χ1n) is 37.9. The number of aryl methyl sites for hydroxylation is 2. The van der Waals surface area contributed by atoms with Crippen LogP contribution in [0.25, 0.3) is 33.8 Å². The van der Waals surface area contributed by atoms with Crippen molar-refractivity contribution >= 4 is 58.4 Å². The molecule has 3 aromatic heterocycles. The second-order valence-corrected chi connectivity index (χ2v) is 29.7. The lowest BCUT2D eigenvalue weighted by atomic mass is 9.53. The van der Waals surface area contributed by atoms with Crippen LogP contribution in [0.15, 0.2) is 205 Å².